The number of para-hydroxylation sites is 2. The highest BCUT2D eigenvalue weighted by Crippen LogP contribution is 2.25. The molecule has 1 amide bonds. The quantitative estimate of drug-likeness (QED) is 0.494. The van der Waals surface area contributed by atoms with Crippen molar-refractivity contribution in [3.63, 3.8) is 0 Å². The van der Waals surface area contributed by atoms with Gasteiger partial charge in [-0.2, -0.15) is 0 Å². The van der Waals surface area contributed by atoms with Gasteiger partial charge in [-0.15, -0.1) is 11.3 Å². The maximum Gasteiger partial charge on any atom is 0.345 e. The van der Waals surface area contributed by atoms with E-state index in [0.29, 0.717) is 22.0 Å². The van der Waals surface area contributed by atoms with E-state index in [1.165, 1.54) is 11.3 Å². The van der Waals surface area contributed by atoms with E-state index in [1.54, 1.807) is 17.5 Å². The number of rotatable bonds is 6. The zero-order valence-electron chi connectivity index (χ0n) is 14.8. The maximum atomic E-state index is 12.2. The Kier molecular flexibility index (Phi) is 5.16. The SMILES string of the molecule is O=C(CCOc1ccccc1)Nc1nc(-c2cc3ccccc3oc2=O)cs1. The van der Waals surface area contributed by atoms with Gasteiger partial charge in [0.1, 0.15) is 11.3 Å². The Labute approximate surface area is 164 Å². The summed E-state index contributed by atoms with van der Waals surface area (Å²) in [7, 11) is 0. The van der Waals surface area contributed by atoms with Crippen LogP contribution in [0.2, 0.25) is 0 Å². The van der Waals surface area contributed by atoms with Gasteiger partial charge in [-0.25, -0.2) is 9.78 Å². The second kappa shape index (κ2) is 8.06. The van der Waals surface area contributed by atoms with Gasteiger partial charge in [0.25, 0.3) is 0 Å². The van der Waals surface area contributed by atoms with E-state index in [2.05, 4.69) is 10.3 Å². The highest BCUT2D eigenvalue weighted by molar-refractivity contribution is 7.14. The van der Waals surface area contributed by atoms with Crippen molar-refractivity contribution in [3.05, 3.63) is 76.5 Å². The number of nitrogens with zero attached hydrogens (tertiary/aromatic N) is 1. The third-order valence-electron chi connectivity index (χ3n) is 4.01. The van der Waals surface area contributed by atoms with E-state index >= 15 is 0 Å². The first-order chi connectivity index (χ1) is 13.7. The Balaban J connectivity index is 1.41. The summed E-state index contributed by atoms with van der Waals surface area (Å²) in [4.78, 5) is 28.7. The van der Waals surface area contributed by atoms with Crippen molar-refractivity contribution in [3.8, 4) is 17.0 Å². The van der Waals surface area contributed by atoms with Gasteiger partial charge in [0, 0.05) is 10.8 Å². The van der Waals surface area contributed by atoms with Crippen LogP contribution in [0, 0.1) is 0 Å². The van der Waals surface area contributed by atoms with Crippen molar-refractivity contribution in [1.29, 1.82) is 0 Å². The molecule has 0 unspecified atom stereocenters. The predicted molar refractivity (Wildman–Crippen MR) is 109 cm³/mol. The summed E-state index contributed by atoms with van der Waals surface area (Å²) >= 11 is 1.25. The Morgan fingerprint density at radius 2 is 1.89 bits per heavy atom. The average molecular weight is 392 g/mol. The summed E-state index contributed by atoms with van der Waals surface area (Å²) in [5.74, 6) is 0.511. The van der Waals surface area contributed by atoms with Crippen LogP contribution in [0.1, 0.15) is 6.42 Å². The molecule has 7 heteroatoms. The number of carbonyl (C=O) groups is 1. The number of anilines is 1. The second-order valence-electron chi connectivity index (χ2n) is 5.98. The molecule has 0 spiro atoms. The number of thiazole rings is 1. The largest absolute Gasteiger partial charge is 0.493 e. The van der Waals surface area contributed by atoms with Crippen molar-refractivity contribution < 1.29 is 13.9 Å². The minimum atomic E-state index is -0.460. The molecule has 4 aromatic rings. The summed E-state index contributed by atoms with van der Waals surface area (Å²) in [5, 5.41) is 5.69. The van der Waals surface area contributed by atoms with E-state index in [4.69, 9.17) is 9.15 Å². The molecular formula is C21H16N2O4S. The van der Waals surface area contributed by atoms with E-state index < -0.39 is 5.63 Å². The van der Waals surface area contributed by atoms with Crippen LogP contribution in [-0.4, -0.2) is 17.5 Å². The topological polar surface area (TPSA) is 81.4 Å². The fourth-order valence-corrected chi connectivity index (χ4v) is 3.38. The molecule has 0 bridgehead atoms. The summed E-state index contributed by atoms with van der Waals surface area (Å²) < 4.78 is 10.9. The molecule has 28 heavy (non-hydrogen) atoms. The van der Waals surface area contributed by atoms with Crippen LogP contribution in [0.4, 0.5) is 5.13 Å². The maximum absolute atomic E-state index is 12.2. The lowest BCUT2D eigenvalue weighted by Crippen LogP contribution is -2.15. The van der Waals surface area contributed by atoms with E-state index in [-0.39, 0.29) is 18.9 Å². The first-order valence-electron chi connectivity index (χ1n) is 8.65. The third-order valence-corrected chi connectivity index (χ3v) is 4.77. The minimum Gasteiger partial charge on any atom is -0.493 e. The van der Waals surface area contributed by atoms with Crippen molar-refractivity contribution >= 4 is 33.3 Å². The van der Waals surface area contributed by atoms with E-state index in [0.717, 1.165) is 11.1 Å². The Hall–Kier alpha value is -3.45. The molecule has 0 saturated heterocycles. The molecule has 0 saturated carbocycles. The van der Waals surface area contributed by atoms with Gasteiger partial charge in [-0.1, -0.05) is 36.4 Å². The lowest BCUT2D eigenvalue weighted by atomic mass is 10.1. The van der Waals surface area contributed by atoms with Gasteiger partial charge >= 0.3 is 5.63 Å². The summed E-state index contributed by atoms with van der Waals surface area (Å²) in [6.45, 7) is 0.266. The number of carbonyl (C=O) groups excluding carboxylic acids is 1. The van der Waals surface area contributed by atoms with Crippen LogP contribution in [0.5, 0.6) is 5.75 Å². The molecule has 4 rings (SSSR count). The lowest BCUT2D eigenvalue weighted by molar-refractivity contribution is -0.116. The molecule has 0 radical (unpaired) electrons. The molecular weight excluding hydrogens is 376 g/mol. The van der Waals surface area contributed by atoms with E-state index in [9.17, 15) is 9.59 Å². The molecule has 0 fully saturated rings. The zero-order valence-corrected chi connectivity index (χ0v) is 15.6. The number of ether oxygens (including phenoxy) is 1. The molecule has 2 aromatic carbocycles. The molecule has 6 nitrogen and oxygen atoms in total. The average Bonchev–Trinajstić information content (AvgIpc) is 3.16. The molecule has 0 aliphatic carbocycles. The van der Waals surface area contributed by atoms with Gasteiger partial charge in [-0.05, 0) is 24.3 Å². The Bertz CT molecular complexity index is 1170. The van der Waals surface area contributed by atoms with Crippen LogP contribution >= 0.6 is 11.3 Å². The summed E-state index contributed by atoms with van der Waals surface area (Å²) in [6.07, 6.45) is 0.196. The number of benzene rings is 2. The number of hydrogen-bond acceptors (Lipinski definition) is 6. The zero-order chi connectivity index (χ0) is 19.3. The first kappa shape index (κ1) is 17.9. The fraction of sp³-hybridized carbons (Fsp3) is 0.0952. The molecule has 0 atom stereocenters. The molecule has 2 heterocycles. The van der Waals surface area contributed by atoms with Gasteiger partial charge < -0.3 is 14.5 Å². The summed E-state index contributed by atoms with van der Waals surface area (Å²) in [6, 6.07) is 18.3. The standard InChI is InChI=1S/C21H16N2O4S/c24-19(10-11-26-15-7-2-1-3-8-15)23-21-22-17(13-28-21)16-12-14-6-4-5-9-18(14)27-20(16)25/h1-9,12-13H,10-11H2,(H,22,23,24). The molecule has 140 valence electrons. The number of aromatic nitrogens is 1. The van der Waals surface area contributed by atoms with Gasteiger partial charge in [0.15, 0.2) is 5.13 Å². The first-order valence-corrected chi connectivity index (χ1v) is 9.53. The summed E-state index contributed by atoms with van der Waals surface area (Å²) in [5.41, 5.74) is 0.903. The van der Waals surface area contributed by atoms with Crippen LogP contribution < -0.4 is 15.7 Å². The molecule has 0 aliphatic rings. The van der Waals surface area contributed by atoms with Crippen LogP contribution in [-0.2, 0) is 4.79 Å². The number of hydrogen-bond donors (Lipinski definition) is 1. The van der Waals surface area contributed by atoms with E-state index in [1.807, 2.05) is 48.5 Å². The minimum absolute atomic E-state index is 0.196. The smallest absolute Gasteiger partial charge is 0.345 e. The number of nitrogens with one attached hydrogen (secondary N) is 1. The van der Waals surface area contributed by atoms with Gasteiger partial charge in [0.05, 0.1) is 24.3 Å². The van der Waals surface area contributed by atoms with Crippen molar-refractivity contribution in [2.75, 3.05) is 11.9 Å². The van der Waals surface area contributed by atoms with Crippen LogP contribution in [0.3, 0.4) is 0 Å². The lowest BCUT2D eigenvalue weighted by Gasteiger charge is -2.05. The Morgan fingerprint density at radius 3 is 2.75 bits per heavy atom. The van der Waals surface area contributed by atoms with Crippen molar-refractivity contribution in [2.45, 2.75) is 6.42 Å². The highest BCUT2D eigenvalue weighted by atomic mass is 32.1. The monoisotopic (exact) mass is 392 g/mol. The predicted octanol–water partition coefficient (Wildman–Crippen LogP) is 4.32. The fourth-order valence-electron chi connectivity index (χ4n) is 2.66. The van der Waals surface area contributed by atoms with Crippen LogP contribution in [0.15, 0.2) is 75.3 Å². The second-order valence-corrected chi connectivity index (χ2v) is 6.84. The number of fused-ring (bicyclic) bond motifs is 1. The third kappa shape index (κ3) is 4.10. The van der Waals surface area contributed by atoms with Gasteiger partial charge in [-0.3, -0.25) is 4.79 Å². The highest BCUT2D eigenvalue weighted by Gasteiger charge is 2.13. The molecule has 2 aromatic heterocycles. The van der Waals surface area contributed by atoms with Crippen molar-refractivity contribution in [2.24, 2.45) is 0 Å². The molecule has 1 N–H and O–H groups in total. The number of amides is 1. The van der Waals surface area contributed by atoms with Crippen molar-refractivity contribution in [1.82, 2.24) is 4.98 Å². The van der Waals surface area contributed by atoms with Gasteiger partial charge in [0.2, 0.25) is 5.91 Å². The molecule has 0 aliphatic heterocycles. The Morgan fingerprint density at radius 1 is 1.11 bits per heavy atom. The normalized spacial score (nSPS) is 10.7. The van der Waals surface area contributed by atoms with Crippen LogP contribution in [0.25, 0.3) is 22.2 Å².